The number of piperidine rings is 1. The van der Waals surface area contributed by atoms with Crippen molar-refractivity contribution < 1.29 is 8.42 Å². The van der Waals surface area contributed by atoms with Crippen LogP contribution in [0.15, 0.2) is 0 Å². The van der Waals surface area contributed by atoms with E-state index >= 15 is 0 Å². The summed E-state index contributed by atoms with van der Waals surface area (Å²) in [5, 5.41) is 11.5. The highest BCUT2D eigenvalue weighted by Gasteiger charge is 2.20. The number of hydrogen-bond acceptors (Lipinski definition) is 4. The molecule has 5 heteroatoms. The molecule has 0 saturated carbocycles. The minimum Gasteiger partial charge on any atom is -0.317 e. The molecule has 1 aliphatic rings. The van der Waals surface area contributed by atoms with Crippen molar-refractivity contribution in [3.05, 3.63) is 0 Å². The van der Waals surface area contributed by atoms with Crippen LogP contribution in [0.25, 0.3) is 0 Å². The zero-order chi connectivity index (χ0) is 9.73. The molecule has 0 aromatic carbocycles. The summed E-state index contributed by atoms with van der Waals surface area (Å²) in [4.78, 5) is 0. The molecule has 1 rings (SSSR count). The van der Waals surface area contributed by atoms with Crippen LogP contribution in [-0.2, 0) is 9.84 Å². The average molecular weight is 202 g/mol. The highest BCUT2D eigenvalue weighted by atomic mass is 32.2. The van der Waals surface area contributed by atoms with Crippen molar-refractivity contribution in [2.75, 3.05) is 24.6 Å². The van der Waals surface area contributed by atoms with E-state index < -0.39 is 9.84 Å². The van der Waals surface area contributed by atoms with Gasteiger partial charge in [0.05, 0.1) is 11.8 Å². The van der Waals surface area contributed by atoms with Gasteiger partial charge in [0.2, 0.25) is 0 Å². The first-order valence-electron chi connectivity index (χ1n) is 4.42. The van der Waals surface area contributed by atoms with Crippen molar-refractivity contribution >= 4 is 9.84 Å². The summed E-state index contributed by atoms with van der Waals surface area (Å²) in [5.41, 5.74) is 0. The number of nitriles is 1. The molecule has 0 atom stereocenters. The Balaban J connectivity index is 2.43. The normalized spacial score (nSPS) is 19.6. The largest absolute Gasteiger partial charge is 0.317 e. The lowest BCUT2D eigenvalue weighted by Gasteiger charge is -2.21. The molecular weight excluding hydrogens is 188 g/mol. The average Bonchev–Trinajstić information content (AvgIpc) is 2.04. The first-order valence-corrected chi connectivity index (χ1v) is 6.24. The van der Waals surface area contributed by atoms with Crippen molar-refractivity contribution in [3.8, 4) is 6.07 Å². The van der Waals surface area contributed by atoms with Crippen molar-refractivity contribution in [2.45, 2.75) is 12.8 Å². The van der Waals surface area contributed by atoms with Gasteiger partial charge in [-0.15, -0.1) is 0 Å². The number of nitrogens with zero attached hydrogens (tertiary/aromatic N) is 1. The molecule has 1 saturated heterocycles. The molecule has 0 unspecified atom stereocenters. The second kappa shape index (κ2) is 4.58. The van der Waals surface area contributed by atoms with Gasteiger partial charge in [-0.3, -0.25) is 0 Å². The van der Waals surface area contributed by atoms with Crippen molar-refractivity contribution in [1.29, 1.82) is 5.26 Å². The Morgan fingerprint density at radius 2 is 2.00 bits per heavy atom. The van der Waals surface area contributed by atoms with Gasteiger partial charge >= 0.3 is 0 Å². The van der Waals surface area contributed by atoms with Gasteiger partial charge in [0, 0.05) is 0 Å². The van der Waals surface area contributed by atoms with E-state index in [4.69, 9.17) is 5.26 Å². The Kier molecular flexibility index (Phi) is 3.70. The van der Waals surface area contributed by atoms with Gasteiger partial charge < -0.3 is 5.32 Å². The first kappa shape index (κ1) is 10.5. The monoisotopic (exact) mass is 202 g/mol. The summed E-state index contributed by atoms with van der Waals surface area (Å²) in [6.07, 6.45) is 1.81. The maximum atomic E-state index is 11.3. The quantitative estimate of drug-likeness (QED) is 0.695. The molecule has 4 nitrogen and oxygen atoms in total. The third kappa shape index (κ3) is 3.75. The molecule has 74 valence electrons. The molecule has 0 amide bonds. The summed E-state index contributed by atoms with van der Waals surface area (Å²) in [6.45, 7) is 1.79. The van der Waals surface area contributed by atoms with Crippen LogP contribution in [0.2, 0.25) is 0 Å². The molecular formula is C8H14N2O2S. The molecule has 1 aliphatic heterocycles. The minimum absolute atomic E-state index is 0.183. The Morgan fingerprint density at radius 1 is 1.38 bits per heavy atom. The van der Waals surface area contributed by atoms with Crippen LogP contribution in [0, 0.1) is 17.2 Å². The molecule has 0 aliphatic carbocycles. The Hall–Kier alpha value is -0.600. The summed E-state index contributed by atoms with van der Waals surface area (Å²) in [5.74, 6) is 0.0960. The minimum atomic E-state index is -3.12. The molecule has 1 heterocycles. The number of hydrogen-bond donors (Lipinski definition) is 1. The van der Waals surface area contributed by atoms with Gasteiger partial charge in [-0.2, -0.15) is 5.26 Å². The van der Waals surface area contributed by atoms with Crippen molar-refractivity contribution in [1.82, 2.24) is 5.32 Å². The van der Waals surface area contributed by atoms with Crippen LogP contribution in [0.1, 0.15) is 12.8 Å². The van der Waals surface area contributed by atoms with Crippen LogP contribution in [0.3, 0.4) is 0 Å². The zero-order valence-electron chi connectivity index (χ0n) is 7.49. The SMILES string of the molecule is N#CCS(=O)(=O)CC1CCNCC1. The fourth-order valence-corrected chi connectivity index (χ4v) is 2.93. The molecule has 0 spiro atoms. The number of rotatable bonds is 3. The summed E-state index contributed by atoms with van der Waals surface area (Å²) in [7, 11) is -3.12. The Morgan fingerprint density at radius 3 is 2.54 bits per heavy atom. The maximum Gasteiger partial charge on any atom is 0.163 e. The lowest BCUT2D eigenvalue weighted by molar-refractivity contribution is 0.401. The summed E-state index contributed by atoms with van der Waals surface area (Å²) >= 11 is 0. The van der Waals surface area contributed by atoms with E-state index in [-0.39, 0.29) is 17.4 Å². The van der Waals surface area contributed by atoms with E-state index in [1.54, 1.807) is 6.07 Å². The standard InChI is InChI=1S/C8H14N2O2S/c9-3-6-13(11,12)7-8-1-4-10-5-2-8/h8,10H,1-2,4-7H2. The molecule has 0 aromatic rings. The van der Waals surface area contributed by atoms with Gasteiger partial charge in [0.1, 0.15) is 5.75 Å². The molecule has 0 radical (unpaired) electrons. The molecule has 1 N–H and O–H groups in total. The van der Waals surface area contributed by atoms with Crippen LogP contribution in [0.5, 0.6) is 0 Å². The van der Waals surface area contributed by atoms with E-state index in [9.17, 15) is 8.42 Å². The highest BCUT2D eigenvalue weighted by Crippen LogP contribution is 2.14. The summed E-state index contributed by atoms with van der Waals surface area (Å²) < 4.78 is 22.5. The molecule has 13 heavy (non-hydrogen) atoms. The first-order chi connectivity index (χ1) is 6.14. The third-order valence-corrected chi connectivity index (χ3v) is 3.78. The predicted octanol–water partition coefficient (Wildman–Crippen LogP) is -0.0756. The smallest absolute Gasteiger partial charge is 0.163 e. The Labute approximate surface area is 78.9 Å². The van der Waals surface area contributed by atoms with E-state index in [0.29, 0.717) is 0 Å². The van der Waals surface area contributed by atoms with Crippen molar-refractivity contribution in [2.24, 2.45) is 5.92 Å². The number of nitrogens with one attached hydrogen (secondary N) is 1. The van der Waals surface area contributed by atoms with E-state index in [1.165, 1.54) is 0 Å². The maximum absolute atomic E-state index is 11.3. The van der Waals surface area contributed by atoms with Crippen molar-refractivity contribution in [3.63, 3.8) is 0 Å². The number of sulfone groups is 1. The lowest BCUT2D eigenvalue weighted by atomic mass is 10.0. The topological polar surface area (TPSA) is 70.0 Å². The fraction of sp³-hybridized carbons (Fsp3) is 0.875. The van der Waals surface area contributed by atoms with Crippen LogP contribution in [-0.4, -0.2) is 33.0 Å². The fourth-order valence-electron chi connectivity index (χ4n) is 1.56. The van der Waals surface area contributed by atoms with Crippen LogP contribution < -0.4 is 5.32 Å². The lowest BCUT2D eigenvalue weighted by Crippen LogP contribution is -2.31. The van der Waals surface area contributed by atoms with Crippen LogP contribution >= 0.6 is 0 Å². The molecule has 1 fully saturated rings. The van der Waals surface area contributed by atoms with Gasteiger partial charge in [0.25, 0.3) is 0 Å². The van der Waals surface area contributed by atoms with Gasteiger partial charge in [0.15, 0.2) is 9.84 Å². The van der Waals surface area contributed by atoms with Gasteiger partial charge in [-0.05, 0) is 31.8 Å². The molecule has 0 bridgehead atoms. The van der Waals surface area contributed by atoms with E-state index in [0.717, 1.165) is 25.9 Å². The molecule has 0 aromatic heterocycles. The Bertz CT molecular complexity index is 286. The zero-order valence-corrected chi connectivity index (χ0v) is 8.31. The van der Waals surface area contributed by atoms with Crippen LogP contribution in [0.4, 0.5) is 0 Å². The van der Waals surface area contributed by atoms with Gasteiger partial charge in [-0.25, -0.2) is 8.42 Å². The highest BCUT2D eigenvalue weighted by molar-refractivity contribution is 7.91. The second-order valence-corrected chi connectivity index (χ2v) is 5.52. The predicted molar refractivity (Wildman–Crippen MR) is 49.9 cm³/mol. The summed E-state index contributed by atoms with van der Waals surface area (Å²) in [6, 6.07) is 1.69. The van der Waals surface area contributed by atoms with Gasteiger partial charge in [-0.1, -0.05) is 0 Å². The second-order valence-electron chi connectivity index (χ2n) is 3.41. The van der Waals surface area contributed by atoms with E-state index in [1.807, 2.05) is 0 Å². The third-order valence-electron chi connectivity index (χ3n) is 2.23. The van der Waals surface area contributed by atoms with E-state index in [2.05, 4.69) is 5.32 Å².